The highest BCUT2D eigenvalue weighted by Crippen LogP contribution is 2.12. The van der Waals surface area contributed by atoms with Gasteiger partial charge < -0.3 is 4.74 Å². The molecule has 14 heavy (non-hydrogen) atoms. The molecule has 0 rings (SSSR count). The van der Waals surface area contributed by atoms with Gasteiger partial charge in [-0.1, -0.05) is 39.7 Å². The molecule has 0 bridgehead atoms. The van der Waals surface area contributed by atoms with Crippen LogP contribution in [0.5, 0.6) is 0 Å². The lowest BCUT2D eigenvalue weighted by atomic mass is 10.0. The highest BCUT2D eigenvalue weighted by Gasteiger charge is 2.08. The first-order valence-electron chi connectivity index (χ1n) is 5.28. The molecular formula is C11H21NO2. The average Bonchev–Trinajstić information content (AvgIpc) is 2.19. The largest absolute Gasteiger partial charge is 0.449 e. The van der Waals surface area contributed by atoms with Crippen LogP contribution in [-0.2, 0) is 4.74 Å². The van der Waals surface area contributed by atoms with Gasteiger partial charge in [-0.3, -0.25) is 5.32 Å². The molecule has 0 aromatic carbocycles. The number of rotatable bonds is 7. The first-order valence-corrected chi connectivity index (χ1v) is 5.28. The van der Waals surface area contributed by atoms with E-state index in [1.54, 1.807) is 0 Å². The fourth-order valence-corrected chi connectivity index (χ4v) is 1.22. The van der Waals surface area contributed by atoms with Crippen LogP contribution in [0.1, 0.15) is 39.5 Å². The average molecular weight is 199 g/mol. The molecule has 0 aromatic heterocycles. The highest BCUT2D eigenvalue weighted by molar-refractivity contribution is 5.68. The van der Waals surface area contributed by atoms with Crippen molar-refractivity contribution in [3.05, 3.63) is 12.8 Å². The van der Waals surface area contributed by atoms with Crippen LogP contribution in [0.15, 0.2) is 12.8 Å². The van der Waals surface area contributed by atoms with Gasteiger partial charge in [0.2, 0.25) is 0 Å². The Kier molecular flexibility index (Phi) is 7.99. The zero-order valence-corrected chi connectivity index (χ0v) is 9.21. The van der Waals surface area contributed by atoms with E-state index >= 15 is 0 Å². The number of ether oxygens (including phenoxy) is 1. The molecule has 0 aliphatic carbocycles. The van der Waals surface area contributed by atoms with Crippen molar-refractivity contribution < 1.29 is 9.53 Å². The van der Waals surface area contributed by atoms with Gasteiger partial charge in [0.1, 0.15) is 0 Å². The Labute approximate surface area is 86.5 Å². The second-order valence-corrected chi connectivity index (χ2v) is 3.36. The van der Waals surface area contributed by atoms with E-state index < -0.39 is 6.09 Å². The number of nitrogens with one attached hydrogen (secondary N) is 1. The van der Waals surface area contributed by atoms with Gasteiger partial charge in [-0.25, -0.2) is 4.79 Å². The van der Waals surface area contributed by atoms with Crippen LogP contribution in [-0.4, -0.2) is 12.7 Å². The third-order valence-corrected chi connectivity index (χ3v) is 2.21. The number of carbonyl (C=O) groups excluding carboxylic acids is 1. The minimum absolute atomic E-state index is 0.407. The molecule has 1 unspecified atom stereocenters. The van der Waals surface area contributed by atoms with Crippen LogP contribution in [0, 0.1) is 5.92 Å². The molecule has 1 amide bonds. The summed E-state index contributed by atoms with van der Waals surface area (Å²) in [6.45, 7) is 8.18. The van der Waals surface area contributed by atoms with E-state index in [4.69, 9.17) is 4.74 Å². The molecule has 0 aromatic rings. The predicted octanol–water partition coefficient (Wildman–Crippen LogP) is 3.07. The third-order valence-electron chi connectivity index (χ3n) is 2.21. The van der Waals surface area contributed by atoms with Crippen LogP contribution < -0.4 is 5.32 Å². The summed E-state index contributed by atoms with van der Waals surface area (Å²) >= 11 is 0. The lowest BCUT2D eigenvalue weighted by Gasteiger charge is -2.14. The maximum Gasteiger partial charge on any atom is 0.411 e. The molecule has 0 fully saturated rings. The van der Waals surface area contributed by atoms with Crippen molar-refractivity contribution in [2.45, 2.75) is 39.5 Å². The Morgan fingerprint density at radius 3 is 2.79 bits per heavy atom. The number of hydrogen-bond donors (Lipinski definition) is 1. The van der Waals surface area contributed by atoms with Crippen molar-refractivity contribution in [1.82, 2.24) is 5.32 Å². The van der Waals surface area contributed by atoms with Crippen molar-refractivity contribution in [2.24, 2.45) is 5.92 Å². The predicted molar refractivity (Wildman–Crippen MR) is 58.0 cm³/mol. The van der Waals surface area contributed by atoms with E-state index in [0.29, 0.717) is 12.5 Å². The van der Waals surface area contributed by atoms with Crippen molar-refractivity contribution >= 4 is 6.09 Å². The summed E-state index contributed by atoms with van der Waals surface area (Å²) in [5.41, 5.74) is 0. The molecule has 82 valence electrons. The molecule has 1 atom stereocenters. The summed E-state index contributed by atoms with van der Waals surface area (Å²) in [4.78, 5) is 10.9. The Bertz CT molecular complexity index is 169. The summed E-state index contributed by atoms with van der Waals surface area (Å²) in [6.07, 6.45) is 5.50. The van der Waals surface area contributed by atoms with E-state index in [2.05, 4.69) is 25.7 Å². The van der Waals surface area contributed by atoms with E-state index in [9.17, 15) is 4.79 Å². The van der Waals surface area contributed by atoms with E-state index in [1.165, 1.54) is 19.0 Å². The number of carbonyl (C=O) groups is 1. The third kappa shape index (κ3) is 6.52. The molecule has 0 radical (unpaired) electrons. The second kappa shape index (κ2) is 8.60. The highest BCUT2D eigenvalue weighted by atomic mass is 16.5. The molecule has 1 N–H and O–H groups in total. The van der Waals surface area contributed by atoms with Crippen molar-refractivity contribution in [3.8, 4) is 0 Å². The molecule has 0 saturated carbocycles. The van der Waals surface area contributed by atoms with Crippen LogP contribution in [0.4, 0.5) is 4.79 Å². The van der Waals surface area contributed by atoms with Crippen LogP contribution >= 0.6 is 0 Å². The monoisotopic (exact) mass is 199 g/mol. The Morgan fingerprint density at radius 1 is 1.57 bits per heavy atom. The van der Waals surface area contributed by atoms with Gasteiger partial charge in [0.05, 0.1) is 6.61 Å². The van der Waals surface area contributed by atoms with Crippen LogP contribution in [0.2, 0.25) is 0 Å². The lowest BCUT2D eigenvalue weighted by molar-refractivity contribution is 0.126. The Balaban J connectivity index is 3.60. The smallest absolute Gasteiger partial charge is 0.411 e. The standard InChI is InChI=1S/C11H21NO2/c1-4-7-8-10(5-2)9-14-11(13)12-6-3/h6,10H,3-5,7-9H2,1-2H3,(H,12,13). The second-order valence-electron chi connectivity index (χ2n) is 3.36. The van der Waals surface area contributed by atoms with Crippen molar-refractivity contribution in [2.75, 3.05) is 6.61 Å². The van der Waals surface area contributed by atoms with E-state index in [1.807, 2.05) is 0 Å². The summed E-state index contributed by atoms with van der Waals surface area (Å²) < 4.78 is 5.01. The van der Waals surface area contributed by atoms with Gasteiger partial charge >= 0.3 is 6.09 Å². The van der Waals surface area contributed by atoms with Crippen LogP contribution in [0.25, 0.3) is 0 Å². The molecule has 0 heterocycles. The molecular weight excluding hydrogens is 178 g/mol. The zero-order chi connectivity index (χ0) is 10.8. The van der Waals surface area contributed by atoms with Crippen LogP contribution in [0.3, 0.4) is 0 Å². The normalized spacial score (nSPS) is 11.9. The molecule has 0 saturated heterocycles. The zero-order valence-electron chi connectivity index (χ0n) is 9.21. The van der Waals surface area contributed by atoms with Gasteiger partial charge in [-0.05, 0) is 18.5 Å². The summed E-state index contributed by atoms with van der Waals surface area (Å²) in [6, 6.07) is 0. The lowest BCUT2D eigenvalue weighted by Crippen LogP contribution is -2.21. The number of hydrogen-bond acceptors (Lipinski definition) is 2. The minimum Gasteiger partial charge on any atom is -0.449 e. The number of amides is 1. The van der Waals surface area contributed by atoms with E-state index in [0.717, 1.165) is 12.8 Å². The van der Waals surface area contributed by atoms with Gasteiger partial charge in [0.15, 0.2) is 0 Å². The maximum absolute atomic E-state index is 10.9. The first kappa shape index (κ1) is 13.0. The maximum atomic E-state index is 10.9. The molecule has 0 aliphatic heterocycles. The quantitative estimate of drug-likeness (QED) is 0.684. The summed E-state index contributed by atoms with van der Waals surface area (Å²) in [5.74, 6) is 0.491. The van der Waals surface area contributed by atoms with Gasteiger partial charge in [-0.2, -0.15) is 0 Å². The van der Waals surface area contributed by atoms with Gasteiger partial charge in [0, 0.05) is 0 Å². The fourth-order valence-electron chi connectivity index (χ4n) is 1.22. The number of unbranched alkanes of at least 4 members (excludes halogenated alkanes) is 1. The Hall–Kier alpha value is -0.990. The molecule has 3 nitrogen and oxygen atoms in total. The van der Waals surface area contributed by atoms with Crippen molar-refractivity contribution in [3.63, 3.8) is 0 Å². The fraction of sp³-hybridized carbons (Fsp3) is 0.727. The molecule has 3 heteroatoms. The molecule has 0 aliphatic rings. The van der Waals surface area contributed by atoms with Crippen molar-refractivity contribution in [1.29, 1.82) is 0 Å². The topological polar surface area (TPSA) is 38.3 Å². The summed E-state index contributed by atoms with van der Waals surface area (Å²) in [7, 11) is 0. The van der Waals surface area contributed by atoms with E-state index in [-0.39, 0.29) is 0 Å². The number of alkyl carbamates (subject to hydrolysis) is 1. The first-order chi connectivity index (χ1) is 6.74. The van der Waals surface area contributed by atoms with Gasteiger partial charge in [-0.15, -0.1) is 0 Å². The minimum atomic E-state index is -0.407. The van der Waals surface area contributed by atoms with Gasteiger partial charge in [0.25, 0.3) is 0 Å². The molecule has 0 spiro atoms. The summed E-state index contributed by atoms with van der Waals surface area (Å²) in [5, 5.41) is 2.38. The Morgan fingerprint density at radius 2 is 2.29 bits per heavy atom. The SMILES string of the molecule is C=CNC(=O)OCC(CC)CCCC.